The predicted octanol–water partition coefficient (Wildman–Crippen LogP) is 3.64. The molecule has 7 nitrogen and oxygen atoms in total. The summed E-state index contributed by atoms with van der Waals surface area (Å²) in [7, 11) is 0. The number of benzene rings is 2. The molecule has 1 fully saturated rings. The SMILES string of the molecule is Cl.NC(=O)c1ccc(-c2ccnc3nc(-c4ccc(CN5CCOCC5)cc4)[nH]c23)cc1. The predicted molar refractivity (Wildman–Crippen MR) is 127 cm³/mol. The quantitative estimate of drug-likeness (QED) is 0.484. The summed E-state index contributed by atoms with van der Waals surface area (Å²) >= 11 is 0. The van der Waals surface area contributed by atoms with E-state index in [1.165, 1.54) is 5.56 Å². The van der Waals surface area contributed by atoms with E-state index in [1.807, 2.05) is 18.2 Å². The van der Waals surface area contributed by atoms with Crippen LogP contribution in [-0.2, 0) is 11.3 Å². The van der Waals surface area contributed by atoms with Gasteiger partial charge < -0.3 is 15.5 Å². The molecule has 164 valence electrons. The van der Waals surface area contributed by atoms with Crippen molar-refractivity contribution in [1.29, 1.82) is 0 Å². The van der Waals surface area contributed by atoms with Crippen molar-refractivity contribution < 1.29 is 9.53 Å². The largest absolute Gasteiger partial charge is 0.379 e. The van der Waals surface area contributed by atoms with Gasteiger partial charge in [-0.25, -0.2) is 9.97 Å². The number of pyridine rings is 1. The molecule has 32 heavy (non-hydrogen) atoms. The number of amides is 1. The summed E-state index contributed by atoms with van der Waals surface area (Å²) in [4.78, 5) is 26.3. The van der Waals surface area contributed by atoms with E-state index in [4.69, 9.17) is 15.5 Å². The van der Waals surface area contributed by atoms with Crippen molar-refractivity contribution in [3.05, 3.63) is 71.9 Å². The van der Waals surface area contributed by atoms with Crippen molar-refractivity contribution in [1.82, 2.24) is 19.9 Å². The van der Waals surface area contributed by atoms with Gasteiger partial charge >= 0.3 is 0 Å². The Morgan fingerprint density at radius 3 is 2.38 bits per heavy atom. The number of morpholine rings is 1. The van der Waals surface area contributed by atoms with E-state index < -0.39 is 5.91 Å². The van der Waals surface area contributed by atoms with Crippen LogP contribution in [0, 0.1) is 0 Å². The molecule has 1 aliphatic heterocycles. The molecular weight excluding hydrogens is 426 g/mol. The van der Waals surface area contributed by atoms with Crippen molar-refractivity contribution in [3.63, 3.8) is 0 Å². The number of nitrogens with one attached hydrogen (secondary N) is 1. The molecule has 0 aliphatic carbocycles. The molecule has 0 spiro atoms. The lowest BCUT2D eigenvalue weighted by Gasteiger charge is -2.26. The Balaban J connectivity index is 0.00000245. The first-order valence-corrected chi connectivity index (χ1v) is 10.3. The second kappa shape index (κ2) is 9.48. The number of imidazole rings is 1. The minimum absolute atomic E-state index is 0. The average Bonchev–Trinajstić information content (AvgIpc) is 3.25. The smallest absolute Gasteiger partial charge is 0.248 e. The third-order valence-electron chi connectivity index (χ3n) is 5.61. The van der Waals surface area contributed by atoms with E-state index >= 15 is 0 Å². The first-order valence-electron chi connectivity index (χ1n) is 10.3. The van der Waals surface area contributed by atoms with Crippen LogP contribution in [0.25, 0.3) is 33.7 Å². The van der Waals surface area contributed by atoms with Gasteiger partial charge in [0.1, 0.15) is 5.82 Å². The van der Waals surface area contributed by atoms with E-state index in [9.17, 15) is 4.79 Å². The lowest BCUT2D eigenvalue weighted by Crippen LogP contribution is -2.35. The fraction of sp³-hybridized carbons (Fsp3) is 0.208. The summed E-state index contributed by atoms with van der Waals surface area (Å²) < 4.78 is 5.42. The number of aromatic amines is 1. The number of H-pyrrole nitrogens is 1. The van der Waals surface area contributed by atoms with E-state index in [2.05, 4.69) is 39.1 Å². The summed E-state index contributed by atoms with van der Waals surface area (Å²) in [6.45, 7) is 4.48. The van der Waals surface area contributed by atoms with Crippen molar-refractivity contribution in [2.45, 2.75) is 6.54 Å². The Morgan fingerprint density at radius 2 is 1.69 bits per heavy atom. The number of primary amides is 1. The molecule has 2 aromatic heterocycles. The molecule has 5 rings (SSSR count). The zero-order chi connectivity index (χ0) is 21.2. The van der Waals surface area contributed by atoms with Gasteiger partial charge in [-0.1, -0.05) is 36.4 Å². The second-order valence-corrected chi connectivity index (χ2v) is 7.67. The molecule has 3 N–H and O–H groups in total. The highest BCUT2D eigenvalue weighted by molar-refractivity contribution is 5.95. The van der Waals surface area contributed by atoms with Crippen LogP contribution >= 0.6 is 12.4 Å². The maximum absolute atomic E-state index is 11.3. The van der Waals surface area contributed by atoms with Gasteiger partial charge in [0, 0.05) is 42.5 Å². The molecule has 3 heterocycles. The minimum atomic E-state index is -0.438. The number of hydrogen-bond acceptors (Lipinski definition) is 5. The van der Waals surface area contributed by atoms with Crippen molar-refractivity contribution >= 4 is 29.5 Å². The van der Waals surface area contributed by atoms with Crippen LogP contribution < -0.4 is 5.73 Å². The monoisotopic (exact) mass is 449 g/mol. The number of nitrogens with two attached hydrogens (primary N) is 1. The standard InChI is InChI=1S/C24H23N5O2.ClH/c25-22(30)18-7-5-17(6-8-18)20-9-10-26-24-21(20)27-23(28-24)19-3-1-16(2-4-19)15-29-11-13-31-14-12-29;/h1-10H,11-15H2,(H2,25,30)(H,26,27,28);1H. The van der Waals surface area contributed by atoms with Gasteiger partial charge in [0.15, 0.2) is 5.65 Å². The second-order valence-electron chi connectivity index (χ2n) is 7.67. The fourth-order valence-corrected chi connectivity index (χ4v) is 3.89. The Labute approximate surface area is 192 Å². The molecule has 0 saturated carbocycles. The van der Waals surface area contributed by atoms with Crippen LogP contribution in [0.2, 0.25) is 0 Å². The Hall–Kier alpha value is -3.26. The summed E-state index contributed by atoms with van der Waals surface area (Å²) in [6, 6.07) is 17.6. The highest BCUT2D eigenvalue weighted by atomic mass is 35.5. The van der Waals surface area contributed by atoms with Gasteiger partial charge in [0.25, 0.3) is 0 Å². The zero-order valence-corrected chi connectivity index (χ0v) is 18.3. The van der Waals surface area contributed by atoms with Gasteiger partial charge in [-0.2, -0.15) is 0 Å². The third kappa shape index (κ3) is 4.50. The molecule has 1 aliphatic rings. The van der Waals surface area contributed by atoms with Crippen molar-refractivity contribution in [2.24, 2.45) is 5.73 Å². The molecule has 1 saturated heterocycles. The molecule has 1 amide bonds. The number of halogens is 1. The van der Waals surface area contributed by atoms with Crippen LogP contribution in [0.15, 0.2) is 60.8 Å². The van der Waals surface area contributed by atoms with Crippen LogP contribution in [-0.4, -0.2) is 52.1 Å². The number of ether oxygens (including phenoxy) is 1. The van der Waals surface area contributed by atoms with E-state index in [-0.39, 0.29) is 12.4 Å². The molecular formula is C24H24ClN5O2. The first kappa shape index (κ1) is 22.0. The Bertz CT molecular complexity index is 1220. The molecule has 0 unspecified atom stereocenters. The summed E-state index contributed by atoms with van der Waals surface area (Å²) in [5.74, 6) is 0.342. The Kier molecular flexibility index (Phi) is 6.50. The summed E-state index contributed by atoms with van der Waals surface area (Å²) in [6.07, 6.45) is 1.75. The van der Waals surface area contributed by atoms with E-state index in [0.29, 0.717) is 11.2 Å². The molecule has 2 aromatic carbocycles. The number of rotatable bonds is 5. The number of hydrogen-bond donors (Lipinski definition) is 2. The summed E-state index contributed by atoms with van der Waals surface area (Å²) in [5.41, 5.74) is 11.6. The highest BCUT2D eigenvalue weighted by Gasteiger charge is 2.13. The maximum atomic E-state index is 11.3. The van der Waals surface area contributed by atoms with Gasteiger partial charge in [0.2, 0.25) is 5.91 Å². The lowest BCUT2D eigenvalue weighted by atomic mass is 10.0. The number of aromatic nitrogens is 3. The van der Waals surface area contributed by atoms with Crippen LogP contribution in [0.1, 0.15) is 15.9 Å². The topological polar surface area (TPSA) is 97.1 Å². The first-order chi connectivity index (χ1) is 15.2. The van der Waals surface area contributed by atoms with Gasteiger partial charge in [0.05, 0.1) is 18.7 Å². The van der Waals surface area contributed by atoms with Gasteiger partial charge in [-0.15, -0.1) is 12.4 Å². The van der Waals surface area contributed by atoms with E-state index in [1.54, 1.807) is 18.3 Å². The van der Waals surface area contributed by atoms with Crippen molar-refractivity contribution in [3.8, 4) is 22.5 Å². The highest BCUT2D eigenvalue weighted by Crippen LogP contribution is 2.29. The number of fused-ring (bicyclic) bond motifs is 1. The average molecular weight is 450 g/mol. The van der Waals surface area contributed by atoms with Gasteiger partial charge in [-0.05, 0) is 29.3 Å². The van der Waals surface area contributed by atoms with Gasteiger partial charge in [-0.3, -0.25) is 9.69 Å². The minimum Gasteiger partial charge on any atom is -0.379 e. The fourth-order valence-electron chi connectivity index (χ4n) is 3.89. The summed E-state index contributed by atoms with van der Waals surface area (Å²) in [5, 5.41) is 0. The molecule has 0 bridgehead atoms. The maximum Gasteiger partial charge on any atom is 0.248 e. The van der Waals surface area contributed by atoms with E-state index in [0.717, 1.165) is 60.9 Å². The molecule has 0 atom stereocenters. The van der Waals surface area contributed by atoms with Crippen LogP contribution in [0.4, 0.5) is 0 Å². The van der Waals surface area contributed by atoms with Crippen molar-refractivity contribution in [2.75, 3.05) is 26.3 Å². The number of carbonyl (C=O) groups excluding carboxylic acids is 1. The normalized spacial score (nSPS) is 14.2. The zero-order valence-electron chi connectivity index (χ0n) is 17.5. The molecule has 0 radical (unpaired) electrons. The van der Waals surface area contributed by atoms with Crippen LogP contribution in [0.3, 0.4) is 0 Å². The number of carbonyl (C=O) groups is 1. The van der Waals surface area contributed by atoms with Crippen LogP contribution in [0.5, 0.6) is 0 Å². The molecule has 8 heteroatoms. The molecule has 4 aromatic rings. The lowest BCUT2D eigenvalue weighted by molar-refractivity contribution is 0.0342. The third-order valence-corrected chi connectivity index (χ3v) is 5.61. The Morgan fingerprint density at radius 1 is 1.00 bits per heavy atom. The number of nitrogens with zero attached hydrogens (tertiary/aromatic N) is 3.